The van der Waals surface area contributed by atoms with Crippen molar-refractivity contribution in [3.8, 4) is 0 Å². The lowest BCUT2D eigenvalue weighted by Crippen LogP contribution is -2.49. The molecule has 1 aliphatic carbocycles. The van der Waals surface area contributed by atoms with Gasteiger partial charge in [0.25, 0.3) is 0 Å². The smallest absolute Gasteiger partial charge is 0.410 e. The molecule has 2 heterocycles. The molecule has 0 unspecified atom stereocenters. The zero-order valence-electron chi connectivity index (χ0n) is 18.5. The normalized spacial score (nSPS) is 20.7. The van der Waals surface area contributed by atoms with E-state index in [9.17, 15) is 9.90 Å². The summed E-state index contributed by atoms with van der Waals surface area (Å²) in [5, 5.41) is 11.2. The molecular weight excluding hydrogens is 376 g/mol. The van der Waals surface area contributed by atoms with Crippen molar-refractivity contribution in [3.05, 3.63) is 58.8 Å². The first kappa shape index (κ1) is 21.0. The molecule has 1 aromatic carbocycles. The highest BCUT2D eigenvalue weighted by atomic mass is 16.6. The number of likely N-dealkylation sites (tertiary alicyclic amines) is 1. The molecular formula is C25H34N2O3. The van der Waals surface area contributed by atoms with Gasteiger partial charge in [-0.2, -0.15) is 0 Å². The number of piperidine rings is 1. The van der Waals surface area contributed by atoms with E-state index in [-0.39, 0.29) is 6.09 Å². The highest BCUT2D eigenvalue weighted by molar-refractivity contribution is 5.68. The lowest BCUT2D eigenvalue weighted by atomic mass is 9.84. The predicted molar refractivity (Wildman–Crippen MR) is 118 cm³/mol. The second-order valence-corrected chi connectivity index (χ2v) is 9.91. The summed E-state index contributed by atoms with van der Waals surface area (Å²) < 4.78 is 5.47. The van der Waals surface area contributed by atoms with Crippen LogP contribution in [0.15, 0.2) is 42.1 Å². The number of aliphatic hydroxyl groups is 1. The topological polar surface area (TPSA) is 53.0 Å². The van der Waals surface area contributed by atoms with Crippen molar-refractivity contribution < 1.29 is 14.6 Å². The zero-order chi connectivity index (χ0) is 21.4. The van der Waals surface area contributed by atoms with Crippen LogP contribution in [-0.4, -0.2) is 58.4 Å². The SMILES string of the molecule is CC(C)(C)OC(=O)N1CCC(O)(Cc2ccc3c(c2)CCN(C2=CC=C2)CC3)CC1. The van der Waals surface area contributed by atoms with E-state index < -0.39 is 11.2 Å². The number of hydrogen-bond acceptors (Lipinski definition) is 4. The minimum atomic E-state index is -0.759. The number of nitrogens with zero attached hydrogens (tertiary/aromatic N) is 2. The molecule has 0 aromatic heterocycles. The molecule has 162 valence electrons. The Labute approximate surface area is 180 Å². The first-order valence-electron chi connectivity index (χ1n) is 11.2. The molecule has 3 aliphatic rings. The molecule has 0 spiro atoms. The number of carbonyl (C=O) groups excluding carboxylic acids is 1. The highest BCUT2D eigenvalue weighted by Crippen LogP contribution is 2.29. The molecule has 1 aromatic rings. The third-order valence-corrected chi connectivity index (χ3v) is 6.35. The van der Waals surface area contributed by atoms with Crippen LogP contribution in [-0.2, 0) is 24.0 Å². The standard InChI is InChI=1S/C25H34N2O3/c1-24(2,3)30-23(28)27-15-11-25(29,12-16-27)18-19-7-8-20-9-13-26(22-5-4-6-22)14-10-21(20)17-19/h4-8,17,29H,9-16,18H2,1-3H3. The van der Waals surface area contributed by atoms with E-state index in [4.69, 9.17) is 4.74 Å². The fourth-order valence-electron chi connectivity index (χ4n) is 4.53. The van der Waals surface area contributed by atoms with E-state index in [2.05, 4.69) is 41.3 Å². The molecule has 1 saturated heterocycles. The second-order valence-electron chi connectivity index (χ2n) is 9.91. The van der Waals surface area contributed by atoms with Crippen LogP contribution in [0.2, 0.25) is 0 Å². The van der Waals surface area contributed by atoms with Crippen LogP contribution in [0, 0.1) is 0 Å². The Morgan fingerprint density at radius 1 is 1.10 bits per heavy atom. The molecule has 30 heavy (non-hydrogen) atoms. The number of ether oxygens (including phenoxy) is 1. The predicted octanol–water partition coefficient (Wildman–Crippen LogP) is 3.85. The summed E-state index contributed by atoms with van der Waals surface area (Å²) in [6, 6.07) is 6.72. The van der Waals surface area contributed by atoms with Crippen molar-refractivity contribution in [2.75, 3.05) is 26.2 Å². The fraction of sp³-hybridized carbons (Fsp3) is 0.560. The molecule has 1 amide bonds. The van der Waals surface area contributed by atoms with Gasteiger partial charge >= 0.3 is 6.09 Å². The van der Waals surface area contributed by atoms with Gasteiger partial charge in [0, 0.05) is 38.3 Å². The summed E-state index contributed by atoms with van der Waals surface area (Å²) in [5.41, 5.74) is 4.12. The number of rotatable bonds is 3. The number of fused-ring (bicyclic) bond motifs is 1. The third kappa shape index (κ3) is 4.89. The first-order chi connectivity index (χ1) is 14.2. The molecule has 5 nitrogen and oxygen atoms in total. The van der Waals surface area contributed by atoms with Crippen LogP contribution in [0.4, 0.5) is 4.79 Å². The molecule has 0 bridgehead atoms. The molecule has 0 saturated carbocycles. The highest BCUT2D eigenvalue weighted by Gasteiger charge is 2.35. The van der Waals surface area contributed by atoms with Crippen molar-refractivity contribution in [2.24, 2.45) is 0 Å². The Balaban J connectivity index is 1.35. The van der Waals surface area contributed by atoms with Crippen molar-refractivity contribution in [1.29, 1.82) is 0 Å². The first-order valence-corrected chi connectivity index (χ1v) is 11.2. The Morgan fingerprint density at radius 3 is 2.37 bits per heavy atom. The van der Waals surface area contributed by atoms with Crippen molar-refractivity contribution in [2.45, 2.75) is 64.1 Å². The van der Waals surface area contributed by atoms with E-state index in [1.165, 1.54) is 22.4 Å². The Morgan fingerprint density at radius 2 is 1.77 bits per heavy atom. The summed E-state index contributed by atoms with van der Waals surface area (Å²) in [6.45, 7) is 8.81. The quantitative estimate of drug-likeness (QED) is 0.823. The maximum absolute atomic E-state index is 12.3. The van der Waals surface area contributed by atoms with E-state index in [0.717, 1.165) is 25.9 Å². The van der Waals surface area contributed by atoms with E-state index in [1.807, 2.05) is 20.8 Å². The molecule has 2 aliphatic heterocycles. The average Bonchev–Trinajstić information content (AvgIpc) is 2.82. The number of amides is 1. The largest absolute Gasteiger partial charge is 0.444 e. The number of hydrogen-bond donors (Lipinski definition) is 1. The van der Waals surface area contributed by atoms with E-state index in [0.29, 0.717) is 32.4 Å². The second kappa shape index (κ2) is 8.10. The van der Waals surface area contributed by atoms with Gasteiger partial charge in [-0.1, -0.05) is 24.3 Å². The molecule has 5 heteroatoms. The van der Waals surface area contributed by atoms with Gasteiger partial charge in [0.05, 0.1) is 5.60 Å². The van der Waals surface area contributed by atoms with Crippen molar-refractivity contribution >= 4 is 6.09 Å². The molecule has 0 atom stereocenters. The van der Waals surface area contributed by atoms with Crippen molar-refractivity contribution in [1.82, 2.24) is 9.80 Å². The van der Waals surface area contributed by atoms with Gasteiger partial charge in [-0.05, 0) is 75.3 Å². The minimum absolute atomic E-state index is 0.282. The maximum atomic E-state index is 12.3. The summed E-state index contributed by atoms with van der Waals surface area (Å²) in [4.78, 5) is 16.5. The number of benzene rings is 1. The summed E-state index contributed by atoms with van der Waals surface area (Å²) in [7, 11) is 0. The van der Waals surface area contributed by atoms with Gasteiger partial charge in [0.1, 0.15) is 5.60 Å². The van der Waals surface area contributed by atoms with Gasteiger partial charge in [-0.15, -0.1) is 0 Å². The van der Waals surface area contributed by atoms with E-state index in [1.54, 1.807) is 4.90 Å². The number of carbonyl (C=O) groups is 1. The van der Waals surface area contributed by atoms with Gasteiger partial charge < -0.3 is 19.6 Å². The lowest BCUT2D eigenvalue weighted by molar-refractivity contribution is -0.0315. The Bertz CT molecular complexity index is 858. The van der Waals surface area contributed by atoms with Crippen LogP contribution in [0.5, 0.6) is 0 Å². The summed E-state index contributed by atoms with van der Waals surface area (Å²) in [6.07, 6.45) is 10.1. The molecule has 1 fully saturated rings. The van der Waals surface area contributed by atoms with Crippen LogP contribution >= 0.6 is 0 Å². The maximum Gasteiger partial charge on any atom is 0.410 e. The summed E-state index contributed by atoms with van der Waals surface area (Å²) >= 11 is 0. The van der Waals surface area contributed by atoms with E-state index >= 15 is 0 Å². The van der Waals surface area contributed by atoms with Crippen LogP contribution < -0.4 is 0 Å². The Hall–Kier alpha value is -2.27. The van der Waals surface area contributed by atoms with Crippen LogP contribution in [0.25, 0.3) is 0 Å². The Kier molecular flexibility index (Phi) is 5.67. The minimum Gasteiger partial charge on any atom is -0.444 e. The summed E-state index contributed by atoms with van der Waals surface area (Å²) in [5.74, 6) is 0. The van der Waals surface area contributed by atoms with Crippen LogP contribution in [0.1, 0.15) is 50.3 Å². The molecule has 0 radical (unpaired) electrons. The third-order valence-electron chi connectivity index (χ3n) is 6.35. The fourth-order valence-corrected chi connectivity index (χ4v) is 4.53. The molecule has 4 rings (SSSR count). The van der Waals surface area contributed by atoms with Gasteiger partial charge in [-0.25, -0.2) is 4.79 Å². The van der Waals surface area contributed by atoms with Crippen molar-refractivity contribution in [3.63, 3.8) is 0 Å². The van der Waals surface area contributed by atoms with Crippen LogP contribution in [0.3, 0.4) is 0 Å². The molecule has 1 N–H and O–H groups in total. The average molecular weight is 411 g/mol. The van der Waals surface area contributed by atoms with Gasteiger partial charge in [0.15, 0.2) is 0 Å². The monoisotopic (exact) mass is 410 g/mol. The number of allylic oxidation sites excluding steroid dienone is 3. The zero-order valence-corrected chi connectivity index (χ0v) is 18.5. The van der Waals surface area contributed by atoms with Gasteiger partial charge in [0.2, 0.25) is 0 Å². The lowest BCUT2D eigenvalue weighted by Gasteiger charge is -2.38. The van der Waals surface area contributed by atoms with Gasteiger partial charge in [-0.3, -0.25) is 0 Å².